The molecule has 0 aromatic heterocycles. The second kappa shape index (κ2) is 49.9. The van der Waals surface area contributed by atoms with Crippen molar-refractivity contribution in [3.8, 4) is 0 Å². The van der Waals surface area contributed by atoms with Crippen LogP contribution in [-0.4, -0.2) is 66.5 Å². The van der Waals surface area contributed by atoms with Crippen molar-refractivity contribution in [3.05, 3.63) is 0 Å². The zero-order valence-corrected chi connectivity index (χ0v) is 44.1. The van der Waals surface area contributed by atoms with Crippen molar-refractivity contribution in [2.75, 3.05) is 26.4 Å². The fraction of sp³-hybridized carbons (Fsp3) is 0.944. The van der Waals surface area contributed by atoms with Crippen LogP contribution in [0.3, 0.4) is 0 Å². The summed E-state index contributed by atoms with van der Waals surface area (Å²) in [5, 5.41) is 10.3. The fourth-order valence-electron chi connectivity index (χ4n) is 8.18. The topological polar surface area (TPSA) is 155 Å². The summed E-state index contributed by atoms with van der Waals surface area (Å²) < 4.78 is 39.0. The summed E-state index contributed by atoms with van der Waals surface area (Å²) >= 11 is 0. The Morgan fingerprint density at radius 1 is 0.364 bits per heavy atom. The highest BCUT2D eigenvalue weighted by molar-refractivity contribution is 7.47. The number of phosphoric ester groups is 1. The number of aliphatic hydroxyl groups is 1. The summed E-state index contributed by atoms with van der Waals surface area (Å²) in [6.45, 7) is 4.86. The lowest BCUT2D eigenvalue weighted by Gasteiger charge is -2.20. The third kappa shape index (κ3) is 48.9. The van der Waals surface area contributed by atoms with Gasteiger partial charge in [-0.3, -0.25) is 23.4 Å². The van der Waals surface area contributed by atoms with Crippen LogP contribution in [-0.2, 0) is 42.2 Å². The zero-order valence-electron chi connectivity index (χ0n) is 43.2. The van der Waals surface area contributed by atoms with Gasteiger partial charge in [0.05, 0.1) is 13.2 Å². The summed E-state index contributed by atoms with van der Waals surface area (Å²) in [7, 11) is -4.71. The van der Waals surface area contributed by atoms with Crippen LogP contribution < -0.4 is 0 Å². The molecule has 0 saturated carbocycles. The smallest absolute Gasteiger partial charge is 0.463 e. The molecule has 0 rings (SSSR count). The van der Waals surface area contributed by atoms with E-state index in [0.717, 1.165) is 57.8 Å². The Morgan fingerprint density at radius 3 is 0.939 bits per heavy atom. The number of hydrogen-bond donors (Lipinski definition) is 2. The number of aliphatic hydroxyl groups excluding tert-OH is 1. The van der Waals surface area contributed by atoms with E-state index >= 15 is 0 Å². The van der Waals surface area contributed by atoms with Crippen molar-refractivity contribution < 1.29 is 52.2 Å². The molecule has 1 unspecified atom stereocenters. The van der Waals surface area contributed by atoms with Crippen LogP contribution >= 0.6 is 7.82 Å². The molecular weight excluding hydrogens is 856 g/mol. The van der Waals surface area contributed by atoms with Crippen LogP contribution in [0.4, 0.5) is 0 Å². The van der Waals surface area contributed by atoms with Gasteiger partial charge in [0, 0.05) is 19.3 Å². The Bertz CT molecular complexity index is 1120. The Morgan fingerprint density at radius 2 is 0.621 bits per heavy atom. The molecule has 0 amide bonds. The number of esters is 3. The highest BCUT2D eigenvalue weighted by atomic mass is 31.2. The SMILES string of the molecule is CCCCCCCCCCCCCCCC(=O)OC[C@H](O)COP(=O)(O)OC[C@@H](COC(=O)CCCCCCCCCCCCCCC)OC(=O)CCCCCCCCCCCCCCC. The Labute approximate surface area is 405 Å². The Kier molecular flexibility index (Phi) is 48.7. The van der Waals surface area contributed by atoms with E-state index in [2.05, 4.69) is 20.8 Å². The fourth-order valence-corrected chi connectivity index (χ4v) is 8.97. The van der Waals surface area contributed by atoms with Gasteiger partial charge in [-0.15, -0.1) is 0 Å². The minimum absolute atomic E-state index is 0.179. The first kappa shape index (κ1) is 64.5. The monoisotopic (exact) mass is 961 g/mol. The van der Waals surface area contributed by atoms with Crippen molar-refractivity contribution in [1.29, 1.82) is 0 Å². The van der Waals surface area contributed by atoms with Gasteiger partial charge in [0.2, 0.25) is 0 Å². The molecule has 0 heterocycles. The summed E-state index contributed by atoms with van der Waals surface area (Å²) in [5.41, 5.74) is 0. The number of carbonyl (C=O) groups is 3. The van der Waals surface area contributed by atoms with Crippen molar-refractivity contribution in [2.24, 2.45) is 0 Å². The molecule has 0 bridgehead atoms. The summed E-state index contributed by atoms with van der Waals surface area (Å²) in [6, 6.07) is 0. The Balaban J connectivity index is 4.55. The van der Waals surface area contributed by atoms with Crippen LogP contribution in [0.5, 0.6) is 0 Å². The minimum atomic E-state index is -4.71. The predicted octanol–water partition coefficient (Wildman–Crippen LogP) is 15.9. The molecule has 0 aromatic rings. The van der Waals surface area contributed by atoms with Gasteiger partial charge in [-0.2, -0.15) is 0 Å². The van der Waals surface area contributed by atoms with E-state index in [1.54, 1.807) is 0 Å². The van der Waals surface area contributed by atoms with Crippen LogP contribution in [0.1, 0.15) is 290 Å². The van der Waals surface area contributed by atoms with E-state index in [-0.39, 0.29) is 32.5 Å². The third-order valence-corrected chi connectivity index (χ3v) is 13.4. The predicted molar refractivity (Wildman–Crippen MR) is 270 cm³/mol. The van der Waals surface area contributed by atoms with Crippen molar-refractivity contribution in [2.45, 2.75) is 303 Å². The Hall–Kier alpha value is -1.52. The second-order valence-electron chi connectivity index (χ2n) is 19.2. The third-order valence-electron chi connectivity index (χ3n) is 12.5. The lowest BCUT2D eigenvalue weighted by atomic mass is 10.0. The van der Waals surface area contributed by atoms with E-state index in [4.69, 9.17) is 23.3 Å². The van der Waals surface area contributed by atoms with Gasteiger partial charge in [-0.05, 0) is 19.3 Å². The summed E-state index contributed by atoms with van der Waals surface area (Å²) in [5.74, 6) is -1.36. The first-order valence-corrected chi connectivity index (χ1v) is 29.4. The number of carbonyl (C=O) groups excluding carboxylic acids is 3. The lowest BCUT2D eigenvalue weighted by molar-refractivity contribution is -0.161. The van der Waals surface area contributed by atoms with Crippen molar-refractivity contribution >= 4 is 25.7 Å². The zero-order chi connectivity index (χ0) is 48.4. The van der Waals surface area contributed by atoms with Crippen LogP contribution in [0, 0.1) is 0 Å². The number of ether oxygens (including phenoxy) is 3. The van der Waals surface area contributed by atoms with E-state index < -0.39 is 51.2 Å². The van der Waals surface area contributed by atoms with E-state index in [9.17, 15) is 28.9 Å². The minimum Gasteiger partial charge on any atom is -0.463 e. The highest BCUT2D eigenvalue weighted by Crippen LogP contribution is 2.43. The van der Waals surface area contributed by atoms with Gasteiger partial charge >= 0.3 is 25.7 Å². The molecule has 11 nitrogen and oxygen atoms in total. The molecule has 0 spiro atoms. The quantitative estimate of drug-likeness (QED) is 0.0259. The summed E-state index contributed by atoms with van der Waals surface area (Å²) in [4.78, 5) is 48.0. The van der Waals surface area contributed by atoms with Crippen LogP contribution in [0.15, 0.2) is 0 Å². The van der Waals surface area contributed by atoms with Gasteiger partial charge < -0.3 is 24.2 Å². The average molecular weight is 961 g/mol. The molecule has 0 aliphatic heterocycles. The highest BCUT2D eigenvalue weighted by Gasteiger charge is 2.27. The van der Waals surface area contributed by atoms with Crippen molar-refractivity contribution in [3.63, 3.8) is 0 Å². The lowest BCUT2D eigenvalue weighted by Crippen LogP contribution is -2.30. The van der Waals surface area contributed by atoms with E-state index in [1.807, 2.05) is 0 Å². The molecule has 0 aromatic carbocycles. The first-order valence-electron chi connectivity index (χ1n) is 27.9. The van der Waals surface area contributed by atoms with E-state index in [0.29, 0.717) is 19.3 Å². The van der Waals surface area contributed by atoms with Gasteiger partial charge in [-0.1, -0.05) is 252 Å². The number of phosphoric acid groups is 1. The molecule has 66 heavy (non-hydrogen) atoms. The largest absolute Gasteiger partial charge is 0.472 e. The molecule has 2 N–H and O–H groups in total. The maximum absolute atomic E-state index is 12.8. The van der Waals surface area contributed by atoms with E-state index in [1.165, 1.54) is 173 Å². The molecule has 3 atom stereocenters. The normalized spacial score (nSPS) is 13.3. The molecule has 392 valence electrons. The maximum Gasteiger partial charge on any atom is 0.472 e. The number of rotatable bonds is 53. The second-order valence-corrected chi connectivity index (χ2v) is 20.6. The molecular formula is C54H105O11P. The van der Waals surface area contributed by atoms with Crippen LogP contribution in [0.2, 0.25) is 0 Å². The van der Waals surface area contributed by atoms with Crippen molar-refractivity contribution in [1.82, 2.24) is 0 Å². The molecule has 0 fully saturated rings. The molecule has 0 aliphatic rings. The first-order chi connectivity index (χ1) is 32.1. The molecule has 12 heteroatoms. The van der Waals surface area contributed by atoms with Gasteiger partial charge in [0.15, 0.2) is 6.10 Å². The van der Waals surface area contributed by atoms with Crippen LogP contribution in [0.25, 0.3) is 0 Å². The standard InChI is InChI=1S/C54H105O11P/c1-4-7-10-13-16-19-22-25-28-31-34-37-40-43-52(56)61-46-50(55)47-63-66(59,60)64-49-51(65-54(58)45-42-39-36-33-30-27-24-21-18-15-12-9-6-3)48-62-53(57)44-41-38-35-32-29-26-23-20-17-14-11-8-5-2/h50-51,55H,4-49H2,1-3H3,(H,59,60)/t50-,51+/m0/s1. The molecule has 0 aliphatic carbocycles. The summed E-state index contributed by atoms with van der Waals surface area (Å²) in [6.07, 6.45) is 44.9. The number of hydrogen-bond acceptors (Lipinski definition) is 10. The maximum atomic E-state index is 12.8. The average Bonchev–Trinajstić information content (AvgIpc) is 3.30. The number of unbranched alkanes of at least 4 members (excludes halogenated alkanes) is 36. The molecule has 0 radical (unpaired) electrons. The van der Waals surface area contributed by atoms with Gasteiger partial charge in [0.25, 0.3) is 0 Å². The van der Waals surface area contributed by atoms with Gasteiger partial charge in [-0.25, -0.2) is 4.57 Å². The van der Waals surface area contributed by atoms with Gasteiger partial charge in [0.1, 0.15) is 19.3 Å². The molecule has 0 saturated heterocycles.